The van der Waals surface area contributed by atoms with Gasteiger partial charge in [0.25, 0.3) is 10.2 Å². The molecule has 0 aromatic carbocycles. The third-order valence-corrected chi connectivity index (χ3v) is 5.31. The van der Waals surface area contributed by atoms with Gasteiger partial charge in [-0.05, 0) is 38.6 Å². The zero-order valence-corrected chi connectivity index (χ0v) is 13.4. The fourth-order valence-electron chi connectivity index (χ4n) is 2.05. The molecule has 0 amide bonds. The van der Waals surface area contributed by atoms with E-state index in [0.29, 0.717) is 25.7 Å². The van der Waals surface area contributed by atoms with E-state index >= 15 is 0 Å². The van der Waals surface area contributed by atoms with Crippen LogP contribution in [-0.4, -0.2) is 56.3 Å². The maximum absolute atomic E-state index is 12.4. The highest BCUT2D eigenvalue weighted by atomic mass is 32.2. The van der Waals surface area contributed by atoms with Crippen LogP contribution in [0.25, 0.3) is 0 Å². The largest absolute Gasteiger partial charge is 0.314 e. The van der Waals surface area contributed by atoms with Gasteiger partial charge in [0, 0.05) is 32.7 Å². The first-order chi connectivity index (χ1) is 9.02. The Morgan fingerprint density at radius 1 is 1.11 bits per heavy atom. The molecule has 1 aliphatic carbocycles. The van der Waals surface area contributed by atoms with Crippen molar-refractivity contribution in [2.75, 3.05) is 33.2 Å². The van der Waals surface area contributed by atoms with Crippen LogP contribution >= 0.6 is 0 Å². The van der Waals surface area contributed by atoms with Crippen LogP contribution in [0.3, 0.4) is 0 Å². The Kier molecular flexibility index (Phi) is 7.28. The summed E-state index contributed by atoms with van der Waals surface area (Å²) in [5.41, 5.74) is 0. The lowest BCUT2D eigenvalue weighted by Gasteiger charge is -2.27. The normalized spacial score (nSPS) is 16.5. The van der Waals surface area contributed by atoms with E-state index in [2.05, 4.69) is 5.32 Å². The van der Waals surface area contributed by atoms with Gasteiger partial charge in [-0.3, -0.25) is 0 Å². The molecule has 0 bridgehead atoms. The predicted molar refractivity (Wildman–Crippen MR) is 79.3 cm³/mol. The highest BCUT2D eigenvalue weighted by Crippen LogP contribution is 2.18. The Bertz CT molecular complexity index is 336. The molecule has 1 aliphatic rings. The molecule has 0 aromatic rings. The van der Waals surface area contributed by atoms with Crippen molar-refractivity contribution in [3.63, 3.8) is 0 Å². The lowest BCUT2D eigenvalue weighted by Crippen LogP contribution is -2.43. The second-order valence-corrected chi connectivity index (χ2v) is 7.35. The number of nitrogens with zero attached hydrogens (tertiary/aromatic N) is 2. The lowest BCUT2D eigenvalue weighted by molar-refractivity contribution is 0.354. The van der Waals surface area contributed by atoms with E-state index in [1.807, 2.05) is 13.8 Å². The third kappa shape index (κ3) is 5.77. The molecule has 6 heteroatoms. The van der Waals surface area contributed by atoms with E-state index in [0.717, 1.165) is 25.8 Å². The predicted octanol–water partition coefficient (Wildman–Crippen LogP) is 1.43. The van der Waals surface area contributed by atoms with Crippen LogP contribution in [0, 0.1) is 0 Å². The summed E-state index contributed by atoms with van der Waals surface area (Å²) >= 11 is 0. The number of nitrogens with one attached hydrogen (secondary N) is 1. The van der Waals surface area contributed by atoms with E-state index in [1.165, 1.54) is 17.1 Å². The monoisotopic (exact) mass is 291 g/mol. The van der Waals surface area contributed by atoms with Crippen LogP contribution in [0.2, 0.25) is 0 Å². The quantitative estimate of drug-likeness (QED) is 0.586. The van der Waals surface area contributed by atoms with Gasteiger partial charge in [0.2, 0.25) is 0 Å². The van der Waals surface area contributed by atoms with Gasteiger partial charge in [-0.1, -0.05) is 13.8 Å². The van der Waals surface area contributed by atoms with Crippen molar-refractivity contribution in [3.05, 3.63) is 0 Å². The maximum atomic E-state index is 12.4. The SMILES string of the molecule is CCCN(CCC)S(=O)(=O)N(C)CCCNC1CC1. The molecule has 1 fully saturated rings. The zero-order chi connectivity index (χ0) is 14.3. The molecule has 0 spiro atoms. The lowest BCUT2D eigenvalue weighted by atomic mass is 10.4. The topological polar surface area (TPSA) is 52.7 Å². The summed E-state index contributed by atoms with van der Waals surface area (Å²) in [4.78, 5) is 0. The van der Waals surface area contributed by atoms with Crippen molar-refractivity contribution >= 4 is 10.2 Å². The molecule has 0 aliphatic heterocycles. The smallest absolute Gasteiger partial charge is 0.281 e. The molecular weight excluding hydrogens is 262 g/mol. The van der Waals surface area contributed by atoms with Crippen molar-refractivity contribution in [2.45, 2.75) is 52.0 Å². The minimum atomic E-state index is -3.27. The van der Waals surface area contributed by atoms with Gasteiger partial charge >= 0.3 is 0 Å². The van der Waals surface area contributed by atoms with Gasteiger partial charge in [-0.2, -0.15) is 17.0 Å². The van der Waals surface area contributed by atoms with E-state index in [1.54, 1.807) is 11.4 Å². The van der Waals surface area contributed by atoms with Crippen molar-refractivity contribution in [1.29, 1.82) is 0 Å². The molecule has 0 radical (unpaired) electrons. The molecule has 1 rings (SSSR count). The van der Waals surface area contributed by atoms with Gasteiger partial charge in [0.15, 0.2) is 0 Å². The van der Waals surface area contributed by atoms with Crippen LogP contribution in [0.5, 0.6) is 0 Å². The minimum Gasteiger partial charge on any atom is -0.314 e. The average molecular weight is 291 g/mol. The first kappa shape index (κ1) is 16.9. The summed E-state index contributed by atoms with van der Waals surface area (Å²) in [5, 5.41) is 3.41. The van der Waals surface area contributed by atoms with Crippen molar-refractivity contribution in [1.82, 2.24) is 13.9 Å². The summed E-state index contributed by atoms with van der Waals surface area (Å²) in [5.74, 6) is 0. The Hall–Kier alpha value is -0.170. The molecule has 19 heavy (non-hydrogen) atoms. The highest BCUT2D eigenvalue weighted by Gasteiger charge is 2.25. The van der Waals surface area contributed by atoms with Crippen molar-refractivity contribution in [2.24, 2.45) is 0 Å². The average Bonchev–Trinajstić information content (AvgIpc) is 3.18. The maximum Gasteiger partial charge on any atom is 0.281 e. The molecule has 0 unspecified atom stereocenters. The van der Waals surface area contributed by atoms with E-state index in [9.17, 15) is 8.42 Å². The van der Waals surface area contributed by atoms with E-state index in [4.69, 9.17) is 0 Å². The number of hydrogen-bond acceptors (Lipinski definition) is 3. The minimum absolute atomic E-state index is 0.589. The summed E-state index contributed by atoms with van der Waals surface area (Å²) in [6.07, 6.45) is 5.13. The van der Waals surface area contributed by atoms with Crippen LogP contribution in [-0.2, 0) is 10.2 Å². The molecule has 0 saturated heterocycles. The van der Waals surface area contributed by atoms with E-state index < -0.39 is 10.2 Å². The molecule has 114 valence electrons. The number of hydrogen-bond donors (Lipinski definition) is 1. The highest BCUT2D eigenvalue weighted by molar-refractivity contribution is 7.86. The fraction of sp³-hybridized carbons (Fsp3) is 1.00. The molecule has 0 atom stereocenters. The molecule has 5 nitrogen and oxygen atoms in total. The summed E-state index contributed by atoms with van der Waals surface area (Å²) in [7, 11) is -1.59. The molecular formula is C13H29N3O2S. The van der Waals surface area contributed by atoms with Gasteiger partial charge in [-0.25, -0.2) is 0 Å². The second kappa shape index (κ2) is 8.19. The number of rotatable bonds is 11. The zero-order valence-electron chi connectivity index (χ0n) is 12.6. The van der Waals surface area contributed by atoms with E-state index in [-0.39, 0.29) is 0 Å². The Morgan fingerprint density at radius 2 is 1.68 bits per heavy atom. The Morgan fingerprint density at radius 3 is 2.16 bits per heavy atom. The van der Waals surface area contributed by atoms with Gasteiger partial charge in [0.05, 0.1) is 0 Å². The summed E-state index contributed by atoms with van der Waals surface area (Å²) in [6, 6.07) is 0.693. The Labute approximate surface area is 118 Å². The molecule has 0 aromatic heterocycles. The van der Waals surface area contributed by atoms with Crippen LogP contribution in [0.15, 0.2) is 0 Å². The van der Waals surface area contributed by atoms with Crippen LogP contribution < -0.4 is 5.32 Å². The van der Waals surface area contributed by atoms with Gasteiger partial charge in [0.1, 0.15) is 0 Å². The van der Waals surface area contributed by atoms with Gasteiger partial charge in [-0.15, -0.1) is 0 Å². The standard InChI is InChI=1S/C13H29N3O2S/c1-4-10-16(11-5-2)19(17,18)15(3)12-6-9-14-13-7-8-13/h13-14H,4-12H2,1-3H3. The summed E-state index contributed by atoms with van der Waals surface area (Å²) < 4.78 is 27.9. The fourth-order valence-corrected chi connectivity index (χ4v) is 3.63. The molecule has 0 heterocycles. The molecule has 1 saturated carbocycles. The second-order valence-electron chi connectivity index (χ2n) is 5.31. The van der Waals surface area contributed by atoms with Crippen LogP contribution in [0.1, 0.15) is 46.0 Å². The Balaban J connectivity index is 2.37. The van der Waals surface area contributed by atoms with Crippen molar-refractivity contribution < 1.29 is 8.42 Å². The first-order valence-corrected chi connectivity index (χ1v) is 8.86. The first-order valence-electron chi connectivity index (χ1n) is 7.47. The summed E-state index contributed by atoms with van der Waals surface area (Å²) in [6.45, 7) is 6.75. The van der Waals surface area contributed by atoms with Gasteiger partial charge < -0.3 is 5.32 Å². The van der Waals surface area contributed by atoms with Crippen LogP contribution in [0.4, 0.5) is 0 Å². The third-order valence-electron chi connectivity index (χ3n) is 3.33. The van der Waals surface area contributed by atoms with Crippen molar-refractivity contribution in [3.8, 4) is 0 Å². The molecule has 1 N–H and O–H groups in total.